The Labute approximate surface area is 196 Å². The number of aromatic hydroxyl groups is 1. The average molecular weight is 478 g/mol. The zero-order valence-corrected chi connectivity index (χ0v) is 18.9. The van der Waals surface area contributed by atoms with E-state index in [0.29, 0.717) is 18.5 Å². The highest BCUT2D eigenvalue weighted by molar-refractivity contribution is 5.94. The summed E-state index contributed by atoms with van der Waals surface area (Å²) in [5, 5.41) is 29.3. The second kappa shape index (κ2) is 12.5. The number of rotatable bonds is 12. The molecule has 0 aromatic heterocycles. The van der Waals surface area contributed by atoms with Crippen LogP contribution in [-0.2, 0) is 30.4 Å². The Kier molecular flexibility index (Phi) is 9.80. The molecule has 0 radical (unpaired) electrons. The van der Waals surface area contributed by atoms with Crippen LogP contribution < -0.4 is 27.0 Å². The van der Waals surface area contributed by atoms with E-state index in [0.717, 1.165) is 6.42 Å². The fourth-order valence-electron chi connectivity index (χ4n) is 3.48. The molecular weight excluding hydrogens is 446 g/mol. The molecule has 0 bridgehead atoms. The molecule has 12 nitrogen and oxygen atoms in total. The summed E-state index contributed by atoms with van der Waals surface area (Å²) in [5.74, 6) is -3.79. The predicted octanol–water partition coefficient (Wildman–Crippen LogP) is -1.49. The number of benzene rings is 1. The molecule has 0 saturated carbocycles. The van der Waals surface area contributed by atoms with Crippen LogP contribution in [0.2, 0.25) is 0 Å². The Hall–Kier alpha value is -3.67. The highest BCUT2D eigenvalue weighted by Crippen LogP contribution is 2.12. The van der Waals surface area contributed by atoms with Gasteiger partial charge in [-0.2, -0.15) is 0 Å². The van der Waals surface area contributed by atoms with Crippen molar-refractivity contribution in [3.8, 4) is 5.75 Å². The molecule has 34 heavy (non-hydrogen) atoms. The highest BCUT2D eigenvalue weighted by atomic mass is 16.4. The van der Waals surface area contributed by atoms with Gasteiger partial charge in [0, 0.05) is 12.8 Å². The minimum Gasteiger partial charge on any atom is -0.508 e. The molecule has 0 spiro atoms. The lowest BCUT2D eigenvalue weighted by atomic mass is 10.0. The number of amides is 4. The van der Waals surface area contributed by atoms with Gasteiger partial charge in [0.05, 0.1) is 6.04 Å². The standard InChI is InChI=1S/C22H31N5O7/c1-12(25-20(31)15-3-2-10-24-15)19(30)26-16(8-9-18(23)29)21(32)27-17(22(33)34)11-13-4-6-14(28)7-5-13/h4-7,12,15-17,24,28H,2-3,8-11H2,1H3,(H2,23,29)(H,25,31)(H,26,30)(H,27,32)(H,33,34). The Morgan fingerprint density at radius 1 is 1.06 bits per heavy atom. The van der Waals surface area contributed by atoms with Gasteiger partial charge in [0.25, 0.3) is 0 Å². The third kappa shape index (κ3) is 8.35. The molecule has 1 saturated heterocycles. The molecule has 12 heteroatoms. The summed E-state index contributed by atoms with van der Waals surface area (Å²) in [4.78, 5) is 60.6. The maximum Gasteiger partial charge on any atom is 0.326 e. The van der Waals surface area contributed by atoms with Crippen molar-refractivity contribution < 1.29 is 34.2 Å². The van der Waals surface area contributed by atoms with Gasteiger partial charge in [-0.25, -0.2) is 4.79 Å². The summed E-state index contributed by atoms with van der Waals surface area (Å²) in [6.45, 7) is 2.17. The minimum atomic E-state index is -1.32. The summed E-state index contributed by atoms with van der Waals surface area (Å²) in [6, 6.07) is 1.90. The number of carboxylic acid groups (broad SMARTS) is 1. The number of nitrogens with one attached hydrogen (secondary N) is 4. The molecule has 1 fully saturated rings. The van der Waals surface area contributed by atoms with Gasteiger partial charge in [0.1, 0.15) is 23.9 Å². The summed E-state index contributed by atoms with van der Waals surface area (Å²) < 4.78 is 0. The Balaban J connectivity index is 2.03. The smallest absolute Gasteiger partial charge is 0.326 e. The van der Waals surface area contributed by atoms with Crippen LogP contribution in [0.5, 0.6) is 5.75 Å². The lowest BCUT2D eigenvalue weighted by molar-refractivity contribution is -0.142. The number of carbonyl (C=O) groups is 5. The van der Waals surface area contributed by atoms with Crippen LogP contribution in [0.15, 0.2) is 24.3 Å². The van der Waals surface area contributed by atoms with Gasteiger partial charge in [-0.15, -0.1) is 0 Å². The molecule has 1 aromatic rings. The number of phenolic OH excluding ortho intramolecular Hbond substituents is 1. The molecule has 4 atom stereocenters. The summed E-state index contributed by atoms with van der Waals surface area (Å²) in [7, 11) is 0. The van der Waals surface area contributed by atoms with Gasteiger partial charge in [-0.3, -0.25) is 19.2 Å². The quantitative estimate of drug-likeness (QED) is 0.189. The van der Waals surface area contributed by atoms with Gasteiger partial charge in [-0.05, 0) is 50.4 Å². The van der Waals surface area contributed by atoms with Crippen LogP contribution >= 0.6 is 0 Å². The molecule has 8 N–H and O–H groups in total. The molecule has 4 amide bonds. The third-order valence-corrected chi connectivity index (χ3v) is 5.43. The Morgan fingerprint density at radius 3 is 2.26 bits per heavy atom. The monoisotopic (exact) mass is 477 g/mol. The maximum absolute atomic E-state index is 12.8. The van der Waals surface area contributed by atoms with E-state index in [1.165, 1.54) is 31.2 Å². The summed E-state index contributed by atoms with van der Waals surface area (Å²) in [6.07, 6.45) is 1.06. The largest absolute Gasteiger partial charge is 0.508 e. The van der Waals surface area contributed by atoms with Crippen LogP contribution in [0, 0.1) is 0 Å². The van der Waals surface area contributed by atoms with Gasteiger partial charge in [-0.1, -0.05) is 12.1 Å². The van der Waals surface area contributed by atoms with E-state index in [2.05, 4.69) is 21.3 Å². The number of carbonyl (C=O) groups excluding carboxylic acids is 4. The van der Waals surface area contributed by atoms with E-state index in [1.807, 2.05) is 0 Å². The summed E-state index contributed by atoms with van der Waals surface area (Å²) >= 11 is 0. The number of phenols is 1. The van der Waals surface area contributed by atoms with Gasteiger partial charge >= 0.3 is 5.97 Å². The number of carboxylic acids is 1. The van der Waals surface area contributed by atoms with Crippen LogP contribution in [-0.4, -0.2) is 70.5 Å². The minimum absolute atomic E-state index is 0.0128. The molecule has 186 valence electrons. The average Bonchev–Trinajstić information content (AvgIpc) is 3.32. The van der Waals surface area contributed by atoms with E-state index in [-0.39, 0.29) is 37.0 Å². The molecule has 1 aliphatic rings. The van der Waals surface area contributed by atoms with Crippen LogP contribution in [0.1, 0.15) is 38.2 Å². The number of primary amides is 1. The zero-order chi connectivity index (χ0) is 25.3. The van der Waals surface area contributed by atoms with E-state index >= 15 is 0 Å². The van der Waals surface area contributed by atoms with Gasteiger partial charge < -0.3 is 37.2 Å². The third-order valence-electron chi connectivity index (χ3n) is 5.43. The summed E-state index contributed by atoms with van der Waals surface area (Å²) in [5.41, 5.74) is 5.72. The Morgan fingerprint density at radius 2 is 1.71 bits per heavy atom. The first-order chi connectivity index (χ1) is 16.1. The first-order valence-corrected chi connectivity index (χ1v) is 11.0. The maximum atomic E-state index is 12.8. The van der Waals surface area contributed by atoms with Crippen molar-refractivity contribution in [2.45, 2.75) is 63.2 Å². The fourth-order valence-corrected chi connectivity index (χ4v) is 3.48. The lowest BCUT2D eigenvalue weighted by Crippen LogP contribution is -2.56. The normalized spacial score (nSPS) is 17.7. The fraction of sp³-hybridized carbons (Fsp3) is 0.500. The van der Waals surface area contributed by atoms with Crippen LogP contribution in [0.25, 0.3) is 0 Å². The molecule has 1 heterocycles. The second-order valence-corrected chi connectivity index (χ2v) is 8.22. The van der Waals surface area contributed by atoms with E-state index in [4.69, 9.17) is 5.73 Å². The SMILES string of the molecule is CC(NC(=O)C1CCCN1)C(=O)NC(CCC(N)=O)C(=O)NC(Cc1ccc(O)cc1)C(=O)O. The van der Waals surface area contributed by atoms with Crippen molar-refractivity contribution in [3.63, 3.8) is 0 Å². The molecule has 0 aliphatic carbocycles. The molecule has 4 unspecified atom stereocenters. The highest BCUT2D eigenvalue weighted by Gasteiger charge is 2.30. The number of hydrogen-bond acceptors (Lipinski definition) is 7. The molecule has 1 aromatic carbocycles. The second-order valence-electron chi connectivity index (χ2n) is 8.22. The zero-order valence-electron chi connectivity index (χ0n) is 18.9. The lowest BCUT2D eigenvalue weighted by Gasteiger charge is -2.23. The van der Waals surface area contributed by atoms with Crippen molar-refractivity contribution in [1.82, 2.24) is 21.3 Å². The van der Waals surface area contributed by atoms with Gasteiger partial charge in [0.2, 0.25) is 23.6 Å². The van der Waals surface area contributed by atoms with Crippen molar-refractivity contribution in [3.05, 3.63) is 29.8 Å². The van der Waals surface area contributed by atoms with Crippen LogP contribution in [0.4, 0.5) is 0 Å². The van der Waals surface area contributed by atoms with E-state index in [1.54, 1.807) is 0 Å². The number of nitrogens with two attached hydrogens (primary N) is 1. The predicted molar refractivity (Wildman–Crippen MR) is 120 cm³/mol. The number of hydrogen-bond donors (Lipinski definition) is 7. The molecule has 1 aliphatic heterocycles. The van der Waals surface area contributed by atoms with E-state index < -0.39 is 41.8 Å². The van der Waals surface area contributed by atoms with Crippen molar-refractivity contribution in [2.24, 2.45) is 5.73 Å². The van der Waals surface area contributed by atoms with Crippen molar-refractivity contribution in [1.29, 1.82) is 0 Å². The van der Waals surface area contributed by atoms with E-state index in [9.17, 15) is 34.2 Å². The van der Waals surface area contributed by atoms with Crippen molar-refractivity contribution >= 4 is 29.6 Å². The van der Waals surface area contributed by atoms with Crippen LogP contribution in [0.3, 0.4) is 0 Å². The molecule has 2 rings (SSSR count). The van der Waals surface area contributed by atoms with Gasteiger partial charge in [0.15, 0.2) is 0 Å². The first kappa shape index (κ1) is 26.6. The first-order valence-electron chi connectivity index (χ1n) is 11.0. The molecular formula is C22H31N5O7. The van der Waals surface area contributed by atoms with Crippen molar-refractivity contribution in [2.75, 3.05) is 6.54 Å². The topological polar surface area (TPSA) is 200 Å². The Bertz CT molecular complexity index is 899. The number of aliphatic carboxylic acids is 1.